The van der Waals surface area contributed by atoms with Gasteiger partial charge in [0.2, 0.25) is 5.70 Å². The Bertz CT molecular complexity index is 520. The Morgan fingerprint density at radius 3 is 2.89 bits per heavy atom. The Labute approximate surface area is 108 Å². The van der Waals surface area contributed by atoms with Crippen LogP contribution < -0.4 is 16.1 Å². The molecule has 1 amide bonds. The summed E-state index contributed by atoms with van der Waals surface area (Å²) < 4.78 is 0. The molecular weight excluding hydrogens is 260 g/mol. The molecule has 0 fully saturated rings. The van der Waals surface area contributed by atoms with Crippen LogP contribution in [0.5, 0.6) is 0 Å². The minimum atomic E-state index is -0.540. The Balaban J connectivity index is 2.27. The second-order valence-electron chi connectivity index (χ2n) is 3.57. The van der Waals surface area contributed by atoms with Gasteiger partial charge in [0, 0.05) is 17.8 Å². The summed E-state index contributed by atoms with van der Waals surface area (Å²) in [6, 6.07) is 6.71. The number of hydroxylamine groups is 3. The first kappa shape index (κ1) is 12.5. The van der Waals surface area contributed by atoms with E-state index in [1.165, 1.54) is 11.9 Å². The van der Waals surface area contributed by atoms with E-state index in [2.05, 4.69) is 10.4 Å². The lowest BCUT2D eigenvalue weighted by Gasteiger charge is -2.19. The molecule has 4 N–H and O–H groups in total. The quantitative estimate of drug-likeness (QED) is 0.728. The first-order valence-electron chi connectivity index (χ1n) is 4.96. The number of carbonyl (C=O) groups is 1. The third-order valence-corrected chi connectivity index (χ3v) is 2.63. The van der Waals surface area contributed by atoms with Crippen LogP contribution in [-0.2, 0) is 9.73 Å². The lowest BCUT2D eigenvalue weighted by atomic mass is 10.2. The third kappa shape index (κ3) is 2.19. The van der Waals surface area contributed by atoms with E-state index in [1.807, 2.05) is 0 Å². The highest BCUT2D eigenvalue weighted by molar-refractivity contribution is 6.31. The Morgan fingerprint density at radius 2 is 2.33 bits per heavy atom. The number of nitrogens with one attached hydrogen (secondary N) is 1. The molecule has 0 saturated carbocycles. The molecule has 0 spiro atoms. The molecule has 0 aromatic heterocycles. The lowest BCUT2D eigenvalue weighted by Crippen LogP contribution is -2.33. The predicted molar refractivity (Wildman–Crippen MR) is 63.9 cm³/mol. The first-order valence-corrected chi connectivity index (χ1v) is 5.34. The highest BCUT2D eigenvalue weighted by Crippen LogP contribution is 2.21. The fraction of sp³-hybridized carbons (Fsp3) is 0.100. The van der Waals surface area contributed by atoms with Gasteiger partial charge in [-0.1, -0.05) is 22.9 Å². The number of rotatable bonds is 2. The number of carbonyl (C=O) groups excluding carboxylic acids is 1. The molecule has 0 aliphatic carbocycles. The molecular formula is C10H11ClN4O3. The average Bonchev–Trinajstić information content (AvgIpc) is 2.67. The van der Waals surface area contributed by atoms with Gasteiger partial charge in [-0.05, 0) is 18.2 Å². The Morgan fingerprint density at radius 1 is 1.61 bits per heavy atom. The molecule has 1 aliphatic rings. The van der Waals surface area contributed by atoms with Crippen LogP contribution in [-0.4, -0.2) is 23.4 Å². The van der Waals surface area contributed by atoms with Crippen LogP contribution in [0.1, 0.15) is 0 Å². The smallest absolute Gasteiger partial charge is 0.283 e. The number of hydrogen-bond donors (Lipinski definition) is 3. The number of nitrogens with two attached hydrogens (primary N) is 1. The van der Waals surface area contributed by atoms with Crippen LogP contribution in [0.3, 0.4) is 0 Å². The van der Waals surface area contributed by atoms with Crippen molar-refractivity contribution in [2.45, 2.75) is 0 Å². The van der Waals surface area contributed by atoms with Crippen LogP contribution in [0.4, 0.5) is 5.69 Å². The summed E-state index contributed by atoms with van der Waals surface area (Å²) in [6.45, 7) is 0. The standard InChI is InChI=1S/C10H11ClN4O3/c1-14(7-4-2-3-6(11)5-7)10(16)8-9(12)13-18-15(8)17/h2-5,13,17H,12H2,1H3. The van der Waals surface area contributed by atoms with Gasteiger partial charge in [0.05, 0.1) is 0 Å². The van der Waals surface area contributed by atoms with Gasteiger partial charge in [0.25, 0.3) is 5.91 Å². The molecule has 1 aliphatic heterocycles. The Hall–Kier alpha value is -1.96. The summed E-state index contributed by atoms with van der Waals surface area (Å²) in [5, 5.41) is 10.1. The van der Waals surface area contributed by atoms with Gasteiger partial charge < -0.3 is 10.6 Å². The number of likely N-dealkylation sites (N-methyl/N-ethyl adjacent to an activating group) is 1. The van der Waals surface area contributed by atoms with Gasteiger partial charge in [-0.2, -0.15) is 0 Å². The number of anilines is 1. The fourth-order valence-corrected chi connectivity index (χ4v) is 1.63. The van der Waals surface area contributed by atoms with Crippen molar-refractivity contribution in [3.8, 4) is 0 Å². The number of amides is 1. The summed E-state index contributed by atoms with van der Waals surface area (Å²) in [7, 11) is 1.53. The minimum Gasteiger partial charge on any atom is -0.382 e. The molecule has 0 atom stereocenters. The molecule has 96 valence electrons. The van der Waals surface area contributed by atoms with Crippen molar-refractivity contribution in [2.24, 2.45) is 5.73 Å². The molecule has 2 rings (SSSR count). The van der Waals surface area contributed by atoms with Gasteiger partial charge in [-0.3, -0.25) is 10.0 Å². The summed E-state index contributed by atoms with van der Waals surface area (Å²) in [6.07, 6.45) is 0. The summed E-state index contributed by atoms with van der Waals surface area (Å²) >= 11 is 5.84. The zero-order valence-corrected chi connectivity index (χ0v) is 10.2. The lowest BCUT2D eigenvalue weighted by molar-refractivity contribution is -0.322. The molecule has 1 heterocycles. The van der Waals surface area contributed by atoms with E-state index in [1.54, 1.807) is 24.3 Å². The molecule has 0 radical (unpaired) electrons. The highest BCUT2D eigenvalue weighted by atomic mass is 35.5. The van der Waals surface area contributed by atoms with E-state index in [-0.39, 0.29) is 16.7 Å². The molecule has 0 unspecified atom stereocenters. The van der Waals surface area contributed by atoms with Gasteiger partial charge in [-0.25, -0.2) is 5.48 Å². The second kappa shape index (κ2) is 4.73. The molecule has 7 nitrogen and oxygen atoms in total. The van der Waals surface area contributed by atoms with Gasteiger partial charge in [0.15, 0.2) is 5.82 Å². The third-order valence-electron chi connectivity index (χ3n) is 2.39. The van der Waals surface area contributed by atoms with Crippen molar-refractivity contribution in [2.75, 3.05) is 11.9 Å². The zero-order valence-electron chi connectivity index (χ0n) is 9.42. The molecule has 0 saturated heterocycles. The van der Waals surface area contributed by atoms with E-state index in [0.29, 0.717) is 10.7 Å². The maximum absolute atomic E-state index is 12.1. The molecule has 0 bridgehead atoms. The molecule has 8 heteroatoms. The van der Waals surface area contributed by atoms with E-state index in [0.717, 1.165) is 0 Å². The van der Waals surface area contributed by atoms with E-state index < -0.39 is 5.91 Å². The predicted octanol–water partition coefficient (Wildman–Crippen LogP) is 0.572. The Kier molecular flexibility index (Phi) is 3.28. The van der Waals surface area contributed by atoms with E-state index >= 15 is 0 Å². The average molecular weight is 271 g/mol. The van der Waals surface area contributed by atoms with Crippen molar-refractivity contribution in [1.82, 2.24) is 10.7 Å². The van der Waals surface area contributed by atoms with Crippen LogP contribution in [0.15, 0.2) is 35.8 Å². The maximum atomic E-state index is 12.1. The summed E-state index contributed by atoms with van der Waals surface area (Å²) in [5.74, 6) is -0.612. The first-order chi connectivity index (χ1) is 8.50. The molecule has 1 aromatic rings. The SMILES string of the molecule is CN(C(=O)C1=C(N)NON1O)c1cccc(Cl)c1. The van der Waals surface area contributed by atoms with E-state index in [4.69, 9.17) is 17.3 Å². The van der Waals surface area contributed by atoms with Crippen molar-refractivity contribution in [3.05, 3.63) is 40.8 Å². The normalized spacial score (nSPS) is 14.7. The van der Waals surface area contributed by atoms with Crippen molar-refractivity contribution in [3.63, 3.8) is 0 Å². The molecule has 18 heavy (non-hydrogen) atoms. The number of hydrogen-bond acceptors (Lipinski definition) is 6. The van der Waals surface area contributed by atoms with Crippen molar-refractivity contribution < 1.29 is 14.9 Å². The van der Waals surface area contributed by atoms with Crippen LogP contribution in [0.25, 0.3) is 0 Å². The largest absolute Gasteiger partial charge is 0.382 e. The zero-order chi connectivity index (χ0) is 13.3. The second-order valence-corrected chi connectivity index (χ2v) is 4.01. The number of halogens is 1. The number of benzene rings is 1. The minimum absolute atomic E-state index is 0.0728. The molecule has 1 aromatic carbocycles. The summed E-state index contributed by atoms with van der Waals surface area (Å²) in [5.41, 5.74) is 8.03. The fourth-order valence-electron chi connectivity index (χ4n) is 1.45. The van der Waals surface area contributed by atoms with Crippen LogP contribution >= 0.6 is 11.6 Å². The monoisotopic (exact) mass is 270 g/mol. The van der Waals surface area contributed by atoms with Crippen molar-refractivity contribution in [1.29, 1.82) is 0 Å². The highest BCUT2D eigenvalue weighted by Gasteiger charge is 2.30. The number of nitrogens with zero attached hydrogens (tertiary/aromatic N) is 2. The maximum Gasteiger partial charge on any atom is 0.283 e. The van der Waals surface area contributed by atoms with Crippen molar-refractivity contribution >= 4 is 23.2 Å². The van der Waals surface area contributed by atoms with E-state index in [9.17, 15) is 10.0 Å². The van der Waals surface area contributed by atoms with Crippen LogP contribution in [0, 0.1) is 0 Å². The van der Waals surface area contributed by atoms with Gasteiger partial charge in [0.1, 0.15) is 0 Å². The van der Waals surface area contributed by atoms with Gasteiger partial charge >= 0.3 is 0 Å². The topological polar surface area (TPSA) is 91.1 Å². The van der Waals surface area contributed by atoms with Crippen LogP contribution in [0.2, 0.25) is 5.02 Å². The summed E-state index contributed by atoms with van der Waals surface area (Å²) in [4.78, 5) is 17.9. The van der Waals surface area contributed by atoms with Gasteiger partial charge in [-0.15, -0.1) is 4.94 Å².